The first-order valence-electron chi connectivity index (χ1n) is 9.35. The highest BCUT2D eigenvalue weighted by Crippen LogP contribution is 2.18. The molecule has 4 aromatic rings. The average Bonchev–Trinajstić information content (AvgIpc) is 3.43. The Labute approximate surface area is 176 Å². The standard InChI is InChI=1S/C20H20N6O3S/c1-30-12-9-15(20-23-22-17-6-2-3-10-25(17)20)21-18(27)13-26-19(28)8-7-14(24-26)16-5-4-11-29-16/h2-8,10-11,15H,9,12-13H2,1H3,(H,21,27)/t15-/m1/s1. The van der Waals surface area contributed by atoms with Crippen LogP contribution in [0.3, 0.4) is 0 Å². The summed E-state index contributed by atoms with van der Waals surface area (Å²) in [4.78, 5) is 25.0. The summed E-state index contributed by atoms with van der Waals surface area (Å²) in [6.07, 6.45) is 6.07. The van der Waals surface area contributed by atoms with Gasteiger partial charge in [0.1, 0.15) is 12.2 Å². The third kappa shape index (κ3) is 4.28. The first-order chi connectivity index (χ1) is 14.7. The van der Waals surface area contributed by atoms with Gasteiger partial charge in [0.15, 0.2) is 17.2 Å². The molecule has 30 heavy (non-hydrogen) atoms. The molecule has 0 bridgehead atoms. The van der Waals surface area contributed by atoms with Crippen LogP contribution in [-0.4, -0.2) is 42.3 Å². The average molecular weight is 424 g/mol. The van der Waals surface area contributed by atoms with E-state index in [1.807, 2.05) is 35.1 Å². The number of nitrogens with one attached hydrogen (secondary N) is 1. The monoisotopic (exact) mass is 424 g/mol. The van der Waals surface area contributed by atoms with Gasteiger partial charge in [-0.1, -0.05) is 6.07 Å². The van der Waals surface area contributed by atoms with Crippen LogP contribution in [0.2, 0.25) is 0 Å². The minimum atomic E-state index is -0.367. The van der Waals surface area contributed by atoms with E-state index in [4.69, 9.17) is 4.42 Å². The maximum Gasteiger partial charge on any atom is 0.267 e. The zero-order chi connectivity index (χ0) is 20.9. The molecule has 4 rings (SSSR count). The Kier molecular flexibility index (Phi) is 5.94. The van der Waals surface area contributed by atoms with Crippen molar-refractivity contribution in [3.63, 3.8) is 0 Å². The molecule has 0 radical (unpaired) electrons. The van der Waals surface area contributed by atoms with Crippen molar-refractivity contribution in [3.05, 3.63) is 71.1 Å². The number of hydrogen-bond donors (Lipinski definition) is 1. The second-order valence-corrected chi connectivity index (χ2v) is 7.57. The molecule has 1 N–H and O–H groups in total. The molecule has 4 heterocycles. The van der Waals surface area contributed by atoms with Crippen molar-refractivity contribution >= 4 is 23.3 Å². The summed E-state index contributed by atoms with van der Waals surface area (Å²) >= 11 is 1.68. The van der Waals surface area contributed by atoms with E-state index >= 15 is 0 Å². The molecule has 0 aliphatic heterocycles. The van der Waals surface area contributed by atoms with E-state index in [-0.39, 0.29) is 24.1 Å². The molecule has 0 aliphatic rings. The topological polar surface area (TPSA) is 107 Å². The van der Waals surface area contributed by atoms with E-state index in [1.165, 1.54) is 12.3 Å². The van der Waals surface area contributed by atoms with Gasteiger partial charge in [-0.3, -0.25) is 14.0 Å². The van der Waals surface area contributed by atoms with Gasteiger partial charge in [-0.25, -0.2) is 4.68 Å². The largest absolute Gasteiger partial charge is 0.463 e. The third-order valence-corrected chi connectivity index (χ3v) is 5.18. The Bertz CT molecular complexity index is 1200. The SMILES string of the molecule is CSCC[C@@H](NC(=O)Cn1nc(-c2ccco2)ccc1=O)c1nnc2ccccn12. The number of fused-ring (bicyclic) bond motifs is 1. The maximum absolute atomic E-state index is 12.8. The lowest BCUT2D eigenvalue weighted by atomic mass is 10.2. The van der Waals surface area contributed by atoms with Gasteiger partial charge in [0.05, 0.1) is 12.3 Å². The molecule has 0 unspecified atom stereocenters. The number of carbonyl (C=O) groups is 1. The fraction of sp³-hybridized carbons (Fsp3) is 0.250. The summed E-state index contributed by atoms with van der Waals surface area (Å²) in [5.41, 5.74) is 0.823. The second-order valence-electron chi connectivity index (χ2n) is 6.58. The minimum absolute atomic E-state index is 0.208. The predicted octanol–water partition coefficient (Wildman–Crippen LogP) is 2.16. The van der Waals surface area contributed by atoms with Crippen LogP contribution in [-0.2, 0) is 11.3 Å². The van der Waals surface area contributed by atoms with Crippen LogP contribution in [0, 0.1) is 0 Å². The number of pyridine rings is 1. The van der Waals surface area contributed by atoms with E-state index in [0.717, 1.165) is 10.4 Å². The number of rotatable bonds is 8. The third-order valence-electron chi connectivity index (χ3n) is 4.53. The number of amides is 1. The van der Waals surface area contributed by atoms with Crippen LogP contribution < -0.4 is 10.9 Å². The van der Waals surface area contributed by atoms with E-state index in [1.54, 1.807) is 30.0 Å². The normalized spacial score (nSPS) is 12.2. The number of nitrogens with zero attached hydrogens (tertiary/aromatic N) is 5. The van der Waals surface area contributed by atoms with Gasteiger partial charge < -0.3 is 9.73 Å². The van der Waals surface area contributed by atoms with Crippen LogP contribution in [0.25, 0.3) is 17.1 Å². The van der Waals surface area contributed by atoms with Crippen molar-refractivity contribution in [2.24, 2.45) is 0 Å². The number of hydrogen-bond acceptors (Lipinski definition) is 7. The molecule has 0 aromatic carbocycles. The van der Waals surface area contributed by atoms with Crippen molar-refractivity contribution in [1.29, 1.82) is 0 Å². The molecule has 1 atom stereocenters. The van der Waals surface area contributed by atoms with Gasteiger partial charge in [-0.15, -0.1) is 10.2 Å². The fourth-order valence-electron chi connectivity index (χ4n) is 3.09. The molecule has 154 valence electrons. The summed E-state index contributed by atoms with van der Waals surface area (Å²) in [5, 5.41) is 15.7. The van der Waals surface area contributed by atoms with Gasteiger partial charge in [0.2, 0.25) is 5.91 Å². The highest BCUT2D eigenvalue weighted by atomic mass is 32.2. The Hall–Kier alpha value is -3.40. The molecule has 4 aromatic heterocycles. The lowest BCUT2D eigenvalue weighted by Crippen LogP contribution is -2.36. The van der Waals surface area contributed by atoms with Crippen molar-refractivity contribution in [2.75, 3.05) is 12.0 Å². The number of carbonyl (C=O) groups excluding carboxylic acids is 1. The summed E-state index contributed by atoms with van der Waals surface area (Å²) < 4.78 is 8.30. The summed E-state index contributed by atoms with van der Waals surface area (Å²) in [5.74, 6) is 1.67. The summed E-state index contributed by atoms with van der Waals surface area (Å²) in [6, 6.07) is 11.7. The smallest absolute Gasteiger partial charge is 0.267 e. The zero-order valence-corrected chi connectivity index (χ0v) is 17.1. The van der Waals surface area contributed by atoms with Crippen LogP contribution in [0.15, 0.2) is 64.1 Å². The fourth-order valence-corrected chi connectivity index (χ4v) is 3.56. The molecular weight excluding hydrogens is 404 g/mol. The number of thioether (sulfide) groups is 1. The maximum atomic E-state index is 12.8. The van der Waals surface area contributed by atoms with E-state index in [2.05, 4.69) is 20.6 Å². The predicted molar refractivity (Wildman–Crippen MR) is 113 cm³/mol. The lowest BCUT2D eigenvalue weighted by Gasteiger charge is -2.17. The molecule has 0 aliphatic carbocycles. The van der Waals surface area contributed by atoms with Crippen LogP contribution in [0.4, 0.5) is 0 Å². The number of furan rings is 1. The molecule has 10 heteroatoms. The first-order valence-corrected chi connectivity index (χ1v) is 10.7. The van der Waals surface area contributed by atoms with Gasteiger partial charge in [0, 0.05) is 12.3 Å². The van der Waals surface area contributed by atoms with Crippen molar-refractivity contribution in [2.45, 2.75) is 19.0 Å². The molecular formula is C20H20N6O3S. The first kappa shape index (κ1) is 19.9. The highest BCUT2D eigenvalue weighted by molar-refractivity contribution is 7.98. The van der Waals surface area contributed by atoms with Gasteiger partial charge in [0.25, 0.3) is 5.56 Å². The van der Waals surface area contributed by atoms with E-state index in [9.17, 15) is 9.59 Å². The number of aromatic nitrogens is 5. The van der Waals surface area contributed by atoms with Gasteiger partial charge in [-0.05, 0) is 48.8 Å². The van der Waals surface area contributed by atoms with Crippen molar-refractivity contribution < 1.29 is 9.21 Å². The Balaban J connectivity index is 1.55. The zero-order valence-electron chi connectivity index (χ0n) is 16.3. The van der Waals surface area contributed by atoms with Gasteiger partial charge >= 0.3 is 0 Å². The summed E-state index contributed by atoms with van der Waals surface area (Å²) in [7, 11) is 0. The Morgan fingerprint density at radius 2 is 2.10 bits per heavy atom. The minimum Gasteiger partial charge on any atom is -0.463 e. The van der Waals surface area contributed by atoms with Crippen LogP contribution in [0.1, 0.15) is 18.3 Å². The summed E-state index contributed by atoms with van der Waals surface area (Å²) in [6.45, 7) is -0.208. The quantitative estimate of drug-likeness (QED) is 0.462. The Morgan fingerprint density at radius 1 is 1.20 bits per heavy atom. The van der Waals surface area contributed by atoms with Crippen molar-refractivity contribution in [1.82, 2.24) is 29.7 Å². The second kappa shape index (κ2) is 8.95. The molecule has 0 fully saturated rings. The van der Waals surface area contributed by atoms with E-state index < -0.39 is 0 Å². The highest BCUT2D eigenvalue weighted by Gasteiger charge is 2.21. The van der Waals surface area contributed by atoms with Crippen molar-refractivity contribution in [3.8, 4) is 11.5 Å². The van der Waals surface area contributed by atoms with Gasteiger partial charge in [-0.2, -0.15) is 16.9 Å². The lowest BCUT2D eigenvalue weighted by molar-refractivity contribution is -0.122. The molecule has 0 spiro atoms. The van der Waals surface area contributed by atoms with Crippen LogP contribution in [0.5, 0.6) is 0 Å². The van der Waals surface area contributed by atoms with Crippen LogP contribution >= 0.6 is 11.8 Å². The molecule has 0 saturated carbocycles. The molecule has 9 nitrogen and oxygen atoms in total. The Morgan fingerprint density at radius 3 is 2.90 bits per heavy atom. The van der Waals surface area contributed by atoms with E-state index in [0.29, 0.717) is 29.3 Å². The molecule has 1 amide bonds. The molecule has 0 saturated heterocycles.